The standard InChI is InChI=1S/C20H26FN3O2.ClH/c1-20(5-7-23(2)8-6-20)16-12-19(25)24(14-16)9-10-26-17-3-4-18(21)15(11-17)13-22;/h3-4,11,16H,5-10,12,14H2,1-2H3;1H. The smallest absolute Gasteiger partial charge is 0.223 e. The van der Waals surface area contributed by atoms with Gasteiger partial charge >= 0.3 is 0 Å². The van der Waals surface area contributed by atoms with Gasteiger partial charge in [0.25, 0.3) is 0 Å². The van der Waals surface area contributed by atoms with Crippen LogP contribution < -0.4 is 4.74 Å². The van der Waals surface area contributed by atoms with Gasteiger partial charge in [-0.1, -0.05) is 6.92 Å². The molecule has 2 aliphatic rings. The first-order valence-electron chi connectivity index (χ1n) is 9.20. The van der Waals surface area contributed by atoms with Gasteiger partial charge in [0.15, 0.2) is 0 Å². The number of nitrogens with zero attached hydrogens (tertiary/aromatic N) is 3. The molecule has 5 nitrogen and oxygen atoms in total. The molecule has 2 aliphatic heterocycles. The van der Waals surface area contributed by atoms with Crippen LogP contribution in [0.3, 0.4) is 0 Å². The van der Waals surface area contributed by atoms with Gasteiger partial charge < -0.3 is 14.5 Å². The maximum absolute atomic E-state index is 13.3. The molecule has 0 spiro atoms. The molecule has 1 aromatic carbocycles. The van der Waals surface area contributed by atoms with Crippen molar-refractivity contribution in [2.24, 2.45) is 11.3 Å². The number of hydrogen-bond donors (Lipinski definition) is 0. The number of ether oxygens (including phenoxy) is 1. The second-order valence-electron chi connectivity index (χ2n) is 7.80. The van der Waals surface area contributed by atoms with Crippen LogP contribution in [0.25, 0.3) is 0 Å². The van der Waals surface area contributed by atoms with Gasteiger partial charge in [-0.15, -0.1) is 12.4 Å². The van der Waals surface area contributed by atoms with E-state index in [2.05, 4.69) is 18.9 Å². The van der Waals surface area contributed by atoms with Crippen molar-refractivity contribution in [3.63, 3.8) is 0 Å². The first-order valence-corrected chi connectivity index (χ1v) is 9.20. The number of carbonyl (C=O) groups is 1. The molecule has 0 aromatic heterocycles. The van der Waals surface area contributed by atoms with Gasteiger partial charge in [-0.2, -0.15) is 5.26 Å². The molecule has 148 valence electrons. The van der Waals surface area contributed by atoms with Gasteiger partial charge in [-0.3, -0.25) is 4.79 Å². The fourth-order valence-corrected chi connectivity index (χ4v) is 3.95. The van der Waals surface area contributed by atoms with Crippen LogP contribution in [-0.4, -0.2) is 55.5 Å². The highest BCUT2D eigenvalue weighted by Crippen LogP contribution is 2.42. The average molecular weight is 396 g/mol. The predicted octanol–water partition coefficient (Wildman–Crippen LogP) is 3.08. The Morgan fingerprint density at radius 3 is 2.74 bits per heavy atom. The summed E-state index contributed by atoms with van der Waals surface area (Å²) in [7, 11) is 2.15. The molecular weight excluding hydrogens is 369 g/mol. The molecule has 2 fully saturated rings. The number of halogens is 2. The lowest BCUT2D eigenvalue weighted by molar-refractivity contribution is -0.128. The first kappa shape index (κ1) is 21.5. The predicted molar refractivity (Wildman–Crippen MR) is 103 cm³/mol. The maximum atomic E-state index is 13.3. The summed E-state index contributed by atoms with van der Waals surface area (Å²) in [5.74, 6) is 0.493. The SMILES string of the molecule is CN1CCC(C)(C2CC(=O)N(CCOc3ccc(F)c(C#N)c3)C2)CC1.Cl. The lowest BCUT2D eigenvalue weighted by atomic mass is 9.70. The van der Waals surface area contributed by atoms with E-state index >= 15 is 0 Å². The minimum Gasteiger partial charge on any atom is -0.492 e. The fraction of sp³-hybridized carbons (Fsp3) is 0.600. The molecule has 0 bridgehead atoms. The van der Waals surface area contributed by atoms with Crippen molar-refractivity contribution in [2.45, 2.75) is 26.2 Å². The van der Waals surface area contributed by atoms with Crippen LogP contribution in [0.2, 0.25) is 0 Å². The van der Waals surface area contributed by atoms with E-state index in [-0.39, 0.29) is 29.3 Å². The molecule has 1 aromatic rings. The molecule has 1 amide bonds. The quantitative estimate of drug-likeness (QED) is 0.768. The van der Waals surface area contributed by atoms with E-state index < -0.39 is 5.82 Å². The Bertz CT molecular complexity index is 714. The zero-order valence-corrected chi connectivity index (χ0v) is 16.7. The number of likely N-dealkylation sites (tertiary alicyclic amines) is 2. The van der Waals surface area contributed by atoms with E-state index in [1.165, 1.54) is 18.2 Å². The van der Waals surface area contributed by atoms with Crippen molar-refractivity contribution < 1.29 is 13.9 Å². The zero-order valence-electron chi connectivity index (χ0n) is 15.9. The van der Waals surface area contributed by atoms with Crippen LogP contribution >= 0.6 is 12.4 Å². The van der Waals surface area contributed by atoms with Gasteiger partial charge in [0, 0.05) is 19.0 Å². The molecule has 0 radical (unpaired) electrons. The summed E-state index contributed by atoms with van der Waals surface area (Å²) in [6.07, 6.45) is 2.89. The highest BCUT2D eigenvalue weighted by Gasteiger charge is 2.43. The molecule has 27 heavy (non-hydrogen) atoms. The summed E-state index contributed by atoms with van der Waals surface area (Å²) in [5, 5.41) is 8.87. The molecule has 1 unspecified atom stereocenters. The molecule has 0 N–H and O–H groups in total. The molecule has 2 saturated heterocycles. The summed E-state index contributed by atoms with van der Waals surface area (Å²) >= 11 is 0. The minimum atomic E-state index is -0.552. The van der Waals surface area contributed by atoms with Gasteiger partial charge in [-0.25, -0.2) is 4.39 Å². The third-order valence-corrected chi connectivity index (χ3v) is 6.02. The Morgan fingerprint density at radius 1 is 1.37 bits per heavy atom. The normalized spacial score (nSPS) is 22.2. The number of piperidine rings is 1. The van der Waals surface area contributed by atoms with Gasteiger partial charge in [0.2, 0.25) is 5.91 Å². The van der Waals surface area contributed by atoms with E-state index in [0.717, 1.165) is 32.5 Å². The van der Waals surface area contributed by atoms with E-state index in [1.807, 2.05) is 4.90 Å². The van der Waals surface area contributed by atoms with Crippen molar-refractivity contribution in [3.05, 3.63) is 29.6 Å². The molecule has 0 aliphatic carbocycles. The van der Waals surface area contributed by atoms with E-state index in [0.29, 0.717) is 31.2 Å². The van der Waals surface area contributed by atoms with Crippen molar-refractivity contribution in [1.29, 1.82) is 5.26 Å². The van der Waals surface area contributed by atoms with E-state index in [4.69, 9.17) is 10.00 Å². The molecule has 3 rings (SSSR count). The summed E-state index contributed by atoms with van der Waals surface area (Å²) in [5.41, 5.74) is 0.200. The van der Waals surface area contributed by atoms with Crippen LogP contribution in [0.15, 0.2) is 18.2 Å². The maximum Gasteiger partial charge on any atom is 0.223 e. The Labute approximate surface area is 166 Å². The summed E-state index contributed by atoms with van der Waals surface area (Å²) < 4.78 is 19.0. The number of benzene rings is 1. The zero-order chi connectivity index (χ0) is 18.7. The summed E-state index contributed by atoms with van der Waals surface area (Å²) in [4.78, 5) is 16.6. The third kappa shape index (κ3) is 4.91. The highest BCUT2D eigenvalue weighted by atomic mass is 35.5. The van der Waals surface area contributed by atoms with Crippen LogP contribution in [-0.2, 0) is 4.79 Å². The number of amides is 1. The van der Waals surface area contributed by atoms with Crippen LogP contribution in [0.1, 0.15) is 31.7 Å². The number of rotatable bonds is 5. The van der Waals surface area contributed by atoms with Crippen LogP contribution in [0.4, 0.5) is 4.39 Å². The largest absolute Gasteiger partial charge is 0.492 e. The lowest BCUT2D eigenvalue weighted by Gasteiger charge is -2.42. The second-order valence-corrected chi connectivity index (χ2v) is 7.80. The highest BCUT2D eigenvalue weighted by molar-refractivity contribution is 5.85. The molecular formula is C20H27ClFN3O2. The fourth-order valence-electron chi connectivity index (χ4n) is 3.95. The molecule has 0 saturated carbocycles. The average Bonchev–Trinajstić information content (AvgIpc) is 3.01. The van der Waals surface area contributed by atoms with Crippen LogP contribution in [0, 0.1) is 28.5 Å². The van der Waals surface area contributed by atoms with Crippen molar-refractivity contribution in [1.82, 2.24) is 9.80 Å². The monoisotopic (exact) mass is 395 g/mol. The molecule has 2 heterocycles. The van der Waals surface area contributed by atoms with Crippen molar-refractivity contribution in [2.75, 3.05) is 39.8 Å². The minimum absolute atomic E-state index is 0. The first-order chi connectivity index (χ1) is 12.4. The lowest BCUT2D eigenvalue weighted by Crippen LogP contribution is -2.41. The summed E-state index contributed by atoms with van der Waals surface area (Å²) in [6.45, 7) is 6.15. The van der Waals surface area contributed by atoms with Gasteiger partial charge in [0.1, 0.15) is 24.2 Å². The molecule has 7 heteroatoms. The summed E-state index contributed by atoms with van der Waals surface area (Å²) in [6, 6.07) is 5.93. The second kappa shape index (κ2) is 8.90. The Hall–Kier alpha value is -1.84. The molecule has 1 atom stereocenters. The van der Waals surface area contributed by atoms with Gasteiger partial charge in [0.05, 0.1) is 12.1 Å². The Balaban J connectivity index is 0.00000261. The number of carbonyl (C=O) groups excluding carboxylic acids is 1. The van der Waals surface area contributed by atoms with Gasteiger partial charge in [-0.05, 0) is 56.4 Å². The topological polar surface area (TPSA) is 56.6 Å². The Morgan fingerprint density at radius 2 is 2.07 bits per heavy atom. The Kier molecular flexibility index (Phi) is 7.07. The number of hydrogen-bond acceptors (Lipinski definition) is 4. The van der Waals surface area contributed by atoms with Crippen molar-refractivity contribution in [3.8, 4) is 11.8 Å². The van der Waals surface area contributed by atoms with E-state index in [9.17, 15) is 9.18 Å². The third-order valence-electron chi connectivity index (χ3n) is 6.02. The van der Waals surface area contributed by atoms with Crippen molar-refractivity contribution >= 4 is 18.3 Å². The van der Waals surface area contributed by atoms with Crippen LogP contribution in [0.5, 0.6) is 5.75 Å². The number of nitriles is 1. The van der Waals surface area contributed by atoms with E-state index in [1.54, 1.807) is 6.07 Å².